The van der Waals surface area contributed by atoms with Crippen LogP contribution in [0.2, 0.25) is 0 Å². The van der Waals surface area contributed by atoms with Crippen molar-refractivity contribution in [3.05, 3.63) is 42.7 Å². The molecule has 0 aliphatic carbocycles. The second-order valence-electron chi connectivity index (χ2n) is 3.46. The van der Waals surface area contributed by atoms with Crippen molar-refractivity contribution in [2.24, 2.45) is 0 Å². The Morgan fingerprint density at radius 1 is 1.41 bits per heavy atom. The van der Waals surface area contributed by atoms with E-state index in [1.807, 2.05) is 12.1 Å². The first-order valence-corrected chi connectivity index (χ1v) is 5.14. The number of carbonyl (C=O) groups is 1. The number of aromatic nitrogens is 3. The molecule has 0 saturated heterocycles. The summed E-state index contributed by atoms with van der Waals surface area (Å²) in [6.45, 7) is 1.35. The van der Waals surface area contributed by atoms with E-state index in [1.165, 1.54) is 12.5 Å². The molecule has 6 nitrogen and oxygen atoms in total. The van der Waals surface area contributed by atoms with Gasteiger partial charge in [0.15, 0.2) is 5.69 Å². The molecule has 2 aromatic heterocycles. The van der Waals surface area contributed by atoms with Crippen LogP contribution in [0.5, 0.6) is 0 Å². The topological polar surface area (TPSA) is 80.0 Å². The van der Waals surface area contributed by atoms with E-state index in [0.29, 0.717) is 13.1 Å². The van der Waals surface area contributed by atoms with Gasteiger partial charge in [0.1, 0.15) is 0 Å². The number of pyridine rings is 1. The van der Waals surface area contributed by atoms with Crippen LogP contribution in [-0.4, -0.2) is 32.2 Å². The minimum absolute atomic E-state index is 0.0638. The molecule has 0 atom stereocenters. The van der Waals surface area contributed by atoms with Crippen LogP contribution in [0.1, 0.15) is 10.5 Å². The molecule has 0 unspecified atom stereocenters. The predicted octanol–water partition coefficient (Wildman–Crippen LogP) is 1.09. The fourth-order valence-electron chi connectivity index (χ4n) is 1.39. The fourth-order valence-corrected chi connectivity index (χ4v) is 1.39. The molecule has 0 saturated carbocycles. The van der Waals surface area contributed by atoms with Crippen LogP contribution in [0.4, 0.5) is 5.69 Å². The number of hydrogen-bond acceptors (Lipinski definition) is 4. The van der Waals surface area contributed by atoms with Crippen LogP contribution < -0.4 is 5.32 Å². The van der Waals surface area contributed by atoms with E-state index in [1.54, 1.807) is 17.0 Å². The average molecular weight is 232 g/mol. The Balaban J connectivity index is 1.84. The number of aromatic carboxylic acids is 1. The van der Waals surface area contributed by atoms with Crippen molar-refractivity contribution in [3.8, 4) is 0 Å². The summed E-state index contributed by atoms with van der Waals surface area (Å²) in [5, 5.41) is 11.9. The van der Waals surface area contributed by atoms with E-state index in [-0.39, 0.29) is 5.69 Å². The Morgan fingerprint density at radius 3 is 2.82 bits per heavy atom. The molecule has 0 spiro atoms. The lowest BCUT2D eigenvalue weighted by Crippen LogP contribution is -2.09. The third-order valence-corrected chi connectivity index (χ3v) is 2.23. The van der Waals surface area contributed by atoms with Gasteiger partial charge in [0.2, 0.25) is 0 Å². The van der Waals surface area contributed by atoms with Crippen molar-refractivity contribution in [1.82, 2.24) is 14.5 Å². The lowest BCUT2D eigenvalue weighted by Gasteiger charge is -2.05. The Kier molecular flexibility index (Phi) is 3.34. The summed E-state index contributed by atoms with van der Waals surface area (Å²) in [5.41, 5.74) is 1.05. The van der Waals surface area contributed by atoms with E-state index in [0.717, 1.165) is 5.69 Å². The number of carboxylic acid groups (broad SMARTS) is 1. The van der Waals surface area contributed by atoms with Crippen LogP contribution in [-0.2, 0) is 6.54 Å². The summed E-state index contributed by atoms with van der Waals surface area (Å²) in [6.07, 6.45) is 6.44. The number of nitrogens with zero attached hydrogens (tertiary/aromatic N) is 3. The van der Waals surface area contributed by atoms with Gasteiger partial charge in [0, 0.05) is 37.4 Å². The Bertz CT molecular complexity index is 495. The van der Waals surface area contributed by atoms with Crippen molar-refractivity contribution >= 4 is 11.7 Å². The summed E-state index contributed by atoms with van der Waals surface area (Å²) < 4.78 is 1.73. The highest BCUT2D eigenvalue weighted by Crippen LogP contribution is 2.02. The molecule has 0 aliphatic rings. The van der Waals surface area contributed by atoms with Crippen molar-refractivity contribution in [2.45, 2.75) is 6.54 Å². The van der Waals surface area contributed by atoms with Gasteiger partial charge in [-0.15, -0.1) is 0 Å². The molecule has 2 heterocycles. The zero-order valence-corrected chi connectivity index (χ0v) is 9.08. The van der Waals surface area contributed by atoms with E-state index < -0.39 is 5.97 Å². The molecular weight excluding hydrogens is 220 g/mol. The minimum atomic E-state index is -1.01. The van der Waals surface area contributed by atoms with Gasteiger partial charge in [-0.05, 0) is 12.1 Å². The summed E-state index contributed by atoms with van der Waals surface area (Å²) in [7, 11) is 0. The van der Waals surface area contributed by atoms with Crippen LogP contribution in [0.25, 0.3) is 0 Å². The van der Waals surface area contributed by atoms with Gasteiger partial charge in [-0.25, -0.2) is 9.78 Å². The molecule has 0 fully saturated rings. The number of rotatable bonds is 5. The first-order valence-electron chi connectivity index (χ1n) is 5.14. The quantitative estimate of drug-likeness (QED) is 0.806. The summed E-state index contributed by atoms with van der Waals surface area (Å²) in [6, 6.07) is 3.74. The largest absolute Gasteiger partial charge is 0.476 e. The van der Waals surface area contributed by atoms with Gasteiger partial charge in [-0.3, -0.25) is 4.98 Å². The maximum absolute atomic E-state index is 10.6. The SMILES string of the molecule is O=C(O)c1cn(CCNc2ccncc2)cn1. The molecule has 0 aromatic carbocycles. The predicted molar refractivity (Wildman–Crippen MR) is 61.9 cm³/mol. The zero-order chi connectivity index (χ0) is 12.1. The van der Waals surface area contributed by atoms with Gasteiger partial charge < -0.3 is 15.0 Å². The van der Waals surface area contributed by atoms with Crippen molar-refractivity contribution in [3.63, 3.8) is 0 Å². The first kappa shape index (κ1) is 11.1. The van der Waals surface area contributed by atoms with Crippen LogP contribution >= 0.6 is 0 Å². The molecular formula is C11H12N4O2. The summed E-state index contributed by atoms with van der Waals surface area (Å²) in [4.78, 5) is 18.3. The van der Waals surface area contributed by atoms with E-state index in [4.69, 9.17) is 5.11 Å². The van der Waals surface area contributed by atoms with Gasteiger partial charge >= 0.3 is 5.97 Å². The number of imidazole rings is 1. The highest BCUT2D eigenvalue weighted by atomic mass is 16.4. The zero-order valence-electron chi connectivity index (χ0n) is 9.08. The van der Waals surface area contributed by atoms with Crippen LogP contribution in [0.15, 0.2) is 37.1 Å². The van der Waals surface area contributed by atoms with E-state index in [2.05, 4.69) is 15.3 Å². The van der Waals surface area contributed by atoms with E-state index >= 15 is 0 Å². The molecule has 0 bridgehead atoms. The Morgan fingerprint density at radius 2 is 2.18 bits per heavy atom. The molecule has 6 heteroatoms. The maximum atomic E-state index is 10.6. The highest BCUT2D eigenvalue weighted by Gasteiger charge is 2.05. The maximum Gasteiger partial charge on any atom is 0.356 e. The molecule has 2 rings (SSSR count). The third kappa shape index (κ3) is 3.04. The number of nitrogens with one attached hydrogen (secondary N) is 1. The van der Waals surface area contributed by atoms with Crippen molar-refractivity contribution < 1.29 is 9.90 Å². The van der Waals surface area contributed by atoms with Crippen LogP contribution in [0.3, 0.4) is 0 Å². The van der Waals surface area contributed by atoms with Crippen molar-refractivity contribution in [1.29, 1.82) is 0 Å². The number of carboxylic acids is 1. The third-order valence-electron chi connectivity index (χ3n) is 2.23. The van der Waals surface area contributed by atoms with Gasteiger partial charge in [0.05, 0.1) is 6.33 Å². The molecule has 88 valence electrons. The van der Waals surface area contributed by atoms with Gasteiger partial charge in [-0.1, -0.05) is 0 Å². The molecule has 2 N–H and O–H groups in total. The summed E-state index contributed by atoms with van der Waals surface area (Å²) in [5.74, 6) is -1.01. The first-order chi connectivity index (χ1) is 8.25. The number of anilines is 1. The normalized spacial score (nSPS) is 10.1. The smallest absolute Gasteiger partial charge is 0.356 e. The highest BCUT2D eigenvalue weighted by molar-refractivity contribution is 5.84. The fraction of sp³-hybridized carbons (Fsp3) is 0.182. The van der Waals surface area contributed by atoms with Gasteiger partial charge in [-0.2, -0.15) is 0 Å². The van der Waals surface area contributed by atoms with Crippen LogP contribution in [0, 0.1) is 0 Å². The Hall–Kier alpha value is -2.37. The number of hydrogen-bond donors (Lipinski definition) is 2. The molecule has 0 aliphatic heterocycles. The summed E-state index contributed by atoms with van der Waals surface area (Å²) >= 11 is 0. The second-order valence-corrected chi connectivity index (χ2v) is 3.46. The average Bonchev–Trinajstić information content (AvgIpc) is 2.79. The standard InChI is InChI=1S/C11H12N4O2/c16-11(17)10-7-15(8-14-10)6-5-13-9-1-3-12-4-2-9/h1-4,7-8H,5-6H2,(H,12,13)(H,16,17). The monoisotopic (exact) mass is 232 g/mol. The Labute approximate surface area is 97.9 Å². The van der Waals surface area contributed by atoms with Crippen molar-refractivity contribution in [2.75, 3.05) is 11.9 Å². The molecule has 2 aromatic rings. The molecule has 0 amide bonds. The second kappa shape index (κ2) is 5.11. The molecule has 0 radical (unpaired) electrons. The molecule has 17 heavy (non-hydrogen) atoms. The lowest BCUT2D eigenvalue weighted by atomic mass is 10.4. The van der Waals surface area contributed by atoms with Gasteiger partial charge in [0.25, 0.3) is 0 Å². The minimum Gasteiger partial charge on any atom is -0.476 e. The lowest BCUT2D eigenvalue weighted by molar-refractivity contribution is 0.0691. The van der Waals surface area contributed by atoms with E-state index in [9.17, 15) is 4.79 Å².